The van der Waals surface area contributed by atoms with Gasteiger partial charge in [-0.3, -0.25) is 4.79 Å². The molecule has 0 atom stereocenters. The standard InChI is InChI=1S/C18H15ClN2O3S/c1-23-14-7-8-15(24-2)11(9-14)10-16-17(22)21-18(25-16)20-13-5-3-12(19)4-6-13/h3-10H,1-2H3,(H,20,21,22)/b16-10-. The molecule has 0 saturated carbocycles. The minimum atomic E-state index is -0.206. The zero-order valence-electron chi connectivity index (χ0n) is 13.6. The van der Waals surface area contributed by atoms with E-state index in [-0.39, 0.29) is 5.91 Å². The van der Waals surface area contributed by atoms with Crippen LogP contribution >= 0.6 is 23.4 Å². The van der Waals surface area contributed by atoms with Gasteiger partial charge in [0.25, 0.3) is 5.91 Å². The number of amides is 1. The quantitative estimate of drug-likeness (QED) is 0.813. The molecule has 5 nitrogen and oxygen atoms in total. The smallest absolute Gasteiger partial charge is 0.264 e. The van der Waals surface area contributed by atoms with Crippen molar-refractivity contribution in [3.8, 4) is 11.5 Å². The topological polar surface area (TPSA) is 59.9 Å². The Morgan fingerprint density at radius 1 is 1.12 bits per heavy atom. The lowest BCUT2D eigenvalue weighted by Gasteiger charge is -2.07. The van der Waals surface area contributed by atoms with Gasteiger partial charge >= 0.3 is 0 Å². The largest absolute Gasteiger partial charge is 0.497 e. The molecule has 0 spiro atoms. The van der Waals surface area contributed by atoms with Crippen LogP contribution in [0.15, 0.2) is 52.4 Å². The van der Waals surface area contributed by atoms with E-state index in [2.05, 4.69) is 10.3 Å². The van der Waals surface area contributed by atoms with Crippen LogP contribution in [0, 0.1) is 0 Å². The number of methoxy groups -OCH3 is 2. The Labute approximate surface area is 154 Å². The van der Waals surface area contributed by atoms with Crippen molar-refractivity contribution < 1.29 is 14.3 Å². The first-order valence-corrected chi connectivity index (χ1v) is 8.55. The average Bonchev–Trinajstić information content (AvgIpc) is 2.96. The fraction of sp³-hybridized carbons (Fsp3) is 0.111. The molecule has 1 aliphatic rings. The summed E-state index contributed by atoms with van der Waals surface area (Å²) in [4.78, 5) is 17.2. The summed E-state index contributed by atoms with van der Waals surface area (Å²) >= 11 is 7.13. The zero-order chi connectivity index (χ0) is 17.8. The van der Waals surface area contributed by atoms with Crippen LogP contribution in [0.2, 0.25) is 5.02 Å². The second-order valence-corrected chi connectivity index (χ2v) is 6.53. The van der Waals surface area contributed by atoms with E-state index in [0.717, 1.165) is 5.56 Å². The van der Waals surface area contributed by atoms with Crippen molar-refractivity contribution in [2.75, 3.05) is 14.2 Å². The van der Waals surface area contributed by atoms with E-state index in [4.69, 9.17) is 21.1 Å². The maximum Gasteiger partial charge on any atom is 0.264 e. The van der Waals surface area contributed by atoms with Gasteiger partial charge in [-0.25, -0.2) is 4.99 Å². The van der Waals surface area contributed by atoms with E-state index in [0.29, 0.717) is 32.3 Å². The zero-order valence-corrected chi connectivity index (χ0v) is 15.1. The second kappa shape index (κ2) is 7.63. The Bertz CT molecular complexity index is 863. The molecule has 1 N–H and O–H groups in total. The van der Waals surface area contributed by atoms with Gasteiger partial charge in [-0.2, -0.15) is 0 Å². The highest BCUT2D eigenvalue weighted by atomic mass is 35.5. The van der Waals surface area contributed by atoms with Gasteiger partial charge < -0.3 is 14.8 Å². The summed E-state index contributed by atoms with van der Waals surface area (Å²) in [6.07, 6.45) is 1.76. The fourth-order valence-corrected chi connectivity index (χ4v) is 3.17. The van der Waals surface area contributed by atoms with Crippen molar-refractivity contribution in [1.29, 1.82) is 0 Å². The second-order valence-electron chi connectivity index (χ2n) is 5.07. The molecule has 0 aromatic heterocycles. The van der Waals surface area contributed by atoms with Crippen LogP contribution in [0.5, 0.6) is 11.5 Å². The number of aliphatic imine (C=N–C) groups is 1. The third-order valence-corrected chi connectivity index (χ3v) is 4.59. The summed E-state index contributed by atoms with van der Waals surface area (Å²) in [6, 6.07) is 12.5. The molecule has 1 amide bonds. The number of carbonyl (C=O) groups is 1. The first-order chi connectivity index (χ1) is 12.1. The molecule has 7 heteroatoms. The molecule has 128 valence electrons. The lowest BCUT2D eigenvalue weighted by atomic mass is 10.1. The number of rotatable bonds is 4. The molecule has 1 heterocycles. The highest BCUT2D eigenvalue weighted by Crippen LogP contribution is 2.32. The van der Waals surface area contributed by atoms with E-state index < -0.39 is 0 Å². The number of halogens is 1. The summed E-state index contributed by atoms with van der Waals surface area (Å²) in [7, 11) is 3.17. The highest BCUT2D eigenvalue weighted by Gasteiger charge is 2.24. The third-order valence-electron chi connectivity index (χ3n) is 3.43. The number of nitrogens with one attached hydrogen (secondary N) is 1. The molecule has 2 aromatic carbocycles. The lowest BCUT2D eigenvalue weighted by molar-refractivity contribution is -0.115. The molecule has 1 saturated heterocycles. The van der Waals surface area contributed by atoms with Crippen LogP contribution in [0.25, 0.3) is 6.08 Å². The first kappa shape index (κ1) is 17.4. The molecule has 3 rings (SSSR count). The third kappa shape index (κ3) is 4.15. The minimum Gasteiger partial charge on any atom is -0.497 e. The van der Waals surface area contributed by atoms with Crippen LogP contribution < -0.4 is 14.8 Å². The number of benzene rings is 2. The SMILES string of the molecule is COc1ccc(OC)c(/C=C2\SC(=Nc3ccc(Cl)cc3)NC2=O)c1. The van der Waals surface area contributed by atoms with E-state index >= 15 is 0 Å². The van der Waals surface area contributed by atoms with Gasteiger partial charge in [-0.15, -0.1) is 0 Å². The molecule has 25 heavy (non-hydrogen) atoms. The van der Waals surface area contributed by atoms with E-state index in [9.17, 15) is 4.79 Å². The number of ether oxygens (including phenoxy) is 2. The molecular weight excluding hydrogens is 360 g/mol. The maximum atomic E-state index is 12.2. The molecule has 0 unspecified atom stereocenters. The van der Waals surface area contributed by atoms with Crippen molar-refractivity contribution in [2.45, 2.75) is 0 Å². The highest BCUT2D eigenvalue weighted by molar-refractivity contribution is 8.18. The Balaban J connectivity index is 1.87. The Hall–Kier alpha value is -2.44. The van der Waals surface area contributed by atoms with E-state index in [1.165, 1.54) is 11.8 Å². The summed E-state index contributed by atoms with van der Waals surface area (Å²) in [6.45, 7) is 0. The van der Waals surface area contributed by atoms with Gasteiger partial charge in [0.15, 0.2) is 5.17 Å². The monoisotopic (exact) mass is 374 g/mol. The van der Waals surface area contributed by atoms with Gasteiger partial charge in [0.05, 0.1) is 24.8 Å². The fourth-order valence-electron chi connectivity index (χ4n) is 2.21. The maximum absolute atomic E-state index is 12.2. The van der Waals surface area contributed by atoms with Gasteiger partial charge in [0, 0.05) is 10.6 Å². The predicted octanol–water partition coefficient (Wildman–Crippen LogP) is 4.25. The van der Waals surface area contributed by atoms with Crippen LogP contribution in [-0.4, -0.2) is 25.3 Å². The summed E-state index contributed by atoms with van der Waals surface area (Å²) in [5.41, 5.74) is 1.47. The Morgan fingerprint density at radius 2 is 1.88 bits per heavy atom. The minimum absolute atomic E-state index is 0.206. The number of nitrogens with zero attached hydrogens (tertiary/aromatic N) is 1. The number of hydrogen-bond acceptors (Lipinski definition) is 5. The lowest BCUT2D eigenvalue weighted by Crippen LogP contribution is -2.19. The van der Waals surface area contributed by atoms with Crippen LogP contribution in [-0.2, 0) is 4.79 Å². The number of thioether (sulfide) groups is 1. The van der Waals surface area contributed by atoms with Crippen LogP contribution in [0.1, 0.15) is 5.56 Å². The van der Waals surface area contributed by atoms with Crippen molar-refractivity contribution in [1.82, 2.24) is 5.32 Å². The molecule has 1 fully saturated rings. The molecular formula is C18H15ClN2O3S. The van der Waals surface area contributed by atoms with Gasteiger partial charge in [0.2, 0.25) is 0 Å². The van der Waals surface area contributed by atoms with Crippen LogP contribution in [0.4, 0.5) is 5.69 Å². The molecule has 1 aliphatic heterocycles. The normalized spacial score (nSPS) is 17.0. The number of carbonyl (C=O) groups excluding carboxylic acids is 1. The molecule has 0 bridgehead atoms. The van der Waals surface area contributed by atoms with Gasteiger partial charge in [-0.05, 0) is 60.3 Å². The van der Waals surface area contributed by atoms with Crippen molar-refractivity contribution in [3.05, 3.63) is 58.0 Å². The van der Waals surface area contributed by atoms with Crippen LogP contribution in [0.3, 0.4) is 0 Å². The van der Waals surface area contributed by atoms with Crippen molar-refractivity contribution >= 4 is 46.2 Å². The van der Waals surface area contributed by atoms with Gasteiger partial charge in [0.1, 0.15) is 11.5 Å². The van der Waals surface area contributed by atoms with E-state index in [1.54, 1.807) is 56.7 Å². The number of hydrogen-bond donors (Lipinski definition) is 1. The Kier molecular flexibility index (Phi) is 5.31. The molecule has 0 aliphatic carbocycles. The molecule has 2 aromatic rings. The average molecular weight is 375 g/mol. The summed E-state index contributed by atoms with van der Waals surface area (Å²) in [5, 5.41) is 3.91. The number of amidine groups is 1. The predicted molar refractivity (Wildman–Crippen MR) is 102 cm³/mol. The first-order valence-electron chi connectivity index (χ1n) is 7.36. The molecule has 0 radical (unpaired) electrons. The van der Waals surface area contributed by atoms with Gasteiger partial charge in [-0.1, -0.05) is 11.6 Å². The van der Waals surface area contributed by atoms with E-state index in [1.807, 2.05) is 6.07 Å². The Morgan fingerprint density at radius 3 is 2.56 bits per heavy atom. The summed E-state index contributed by atoms with van der Waals surface area (Å²) < 4.78 is 10.6. The summed E-state index contributed by atoms with van der Waals surface area (Å²) in [5.74, 6) is 1.14. The van der Waals surface area contributed by atoms with Crippen molar-refractivity contribution in [2.24, 2.45) is 4.99 Å². The van der Waals surface area contributed by atoms with Crippen molar-refractivity contribution in [3.63, 3.8) is 0 Å².